The van der Waals surface area contributed by atoms with Crippen LogP contribution in [0.5, 0.6) is 0 Å². The molecule has 0 spiro atoms. The second-order valence-corrected chi connectivity index (χ2v) is 8.59. The van der Waals surface area contributed by atoms with Gasteiger partial charge in [-0.25, -0.2) is 0 Å². The van der Waals surface area contributed by atoms with Gasteiger partial charge in [0, 0.05) is 26.7 Å². The molecule has 7 nitrogen and oxygen atoms in total. The van der Waals surface area contributed by atoms with Crippen molar-refractivity contribution in [1.29, 1.82) is 0 Å². The van der Waals surface area contributed by atoms with Crippen molar-refractivity contribution in [1.82, 2.24) is 20.0 Å². The van der Waals surface area contributed by atoms with Gasteiger partial charge in [-0.2, -0.15) is 0 Å². The van der Waals surface area contributed by atoms with E-state index in [0.29, 0.717) is 31.5 Å². The summed E-state index contributed by atoms with van der Waals surface area (Å²) >= 11 is 1.56. The minimum absolute atomic E-state index is 0.125. The third-order valence-electron chi connectivity index (χ3n) is 5.50. The van der Waals surface area contributed by atoms with E-state index in [2.05, 4.69) is 15.1 Å². The quantitative estimate of drug-likeness (QED) is 0.501. The Hall–Kier alpha value is -2.55. The Balaban J connectivity index is 1.61. The van der Waals surface area contributed by atoms with E-state index in [0.717, 1.165) is 36.4 Å². The first-order valence-electron chi connectivity index (χ1n) is 10.7. The lowest BCUT2D eigenvalue weighted by Gasteiger charge is -2.36. The Morgan fingerprint density at radius 3 is 2.68 bits per heavy atom. The fraction of sp³-hybridized carbons (Fsp3) is 0.435. The summed E-state index contributed by atoms with van der Waals surface area (Å²) in [5.74, 6) is 1.13. The zero-order valence-corrected chi connectivity index (χ0v) is 18.6. The summed E-state index contributed by atoms with van der Waals surface area (Å²) < 4.78 is 11.3. The second kappa shape index (κ2) is 10.7. The summed E-state index contributed by atoms with van der Waals surface area (Å²) in [6, 6.07) is 13.4. The lowest BCUT2D eigenvalue weighted by atomic mass is 10.0. The minimum Gasteiger partial charge on any atom is -0.419 e. The Labute approximate surface area is 186 Å². The van der Waals surface area contributed by atoms with Crippen LogP contribution in [0.1, 0.15) is 36.8 Å². The normalized spacial score (nSPS) is 15.4. The summed E-state index contributed by atoms with van der Waals surface area (Å²) in [5, 5.41) is 10.4. The summed E-state index contributed by atoms with van der Waals surface area (Å²) in [6.07, 6.45) is 3.29. The number of carbonyl (C=O) groups excluding carboxylic acids is 1. The Morgan fingerprint density at radius 2 is 1.97 bits per heavy atom. The first-order valence-corrected chi connectivity index (χ1v) is 11.6. The molecule has 3 aromatic rings. The first kappa shape index (κ1) is 21.7. The van der Waals surface area contributed by atoms with E-state index in [-0.39, 0.29) is 5.91 Å². The van der Waals surface area contributed by atoms with Crippen LogP contribution in [0.3, 0.4) is 0 Å². The predicted molar refractivity (Wildman–Crippen MR) is 120 cm³/mol. The standard InChI is InChI=1S/C23H28N4O3S/c1-29-15-14-27(17-20-24-25-22(30-20)19-11-8-16-31-19)21(18-9-4-2-5-10-18)23(28)26-12-6-3-7-13-26/h2,4-5,8-11,16,21H,3,6-7,12-15,17H2,1H3/t21-/m0/s1. The molecule has 3 heterocycles. The third kappa shape index (κ3) is 5.39. The monoisotopic (exact) mass is 440 g/mol. The number of methoxy groups -OCH3 is 1. The highest BCUT2D eigenvalue weighted by Crippen LogP contribution is 2.28. The maximum atomic E-state index is 13.7. The number of ether oxygens (including phenoxy) is 1. The number of thiophene rings is 1. The minimum atomic E-state index is -0.425. The zero-order chi connectivity index (χ0) is 21.5. The molecule has 1 saturated heterocycles. The van der Waals surface area contributed by atoms with Crippen molar-refractivity contribution in [2.45, 2.75) is 31.8 Å². The van der Waals surface area contributed by atoms with Crippen LogP contribution in [0.4, 0.5) is 0 Å². The van der Waals surface area contributed by atoms with E-state index in [9.17, 15) is 4.79 Å². The van der Waals surface area contributed by atoms with Crippen molar-refractivity contribution >= 4 is 17.2 Å². The number of hydrogen-bond acceptors (Lipinski definition) is 7. The van der Waals surface area contributed by atoms with Crippen molar-refractivity contribution < 1.29 is 13.9 Å². The third-order valence-corrected chi connectivity index (χ3v) is 6.36. The molecule has 8 heteroatoms. The molecule has 1 amide bonds. The number of benzene rings is 1. The van der Waals surface area contributed by atoms with Gasteiger partial charge in [-0.05, 0) is 36.3 Å². The first-order chi connectivity index (χ1) is 15.3. The molecule has 4 rings (SSSR count). The van der Waals surface area contributed by atoms with Crippen LogP contribution >= 0.6 is 11.3 Å². The van der Waals surface area contributed by atoms with Crippen molar-refractivity contribution in [2.75, 3.05) is 33.4 Å². The molecular weight excluding hydrogens is 412 g/mol. The number of nitrogens with zero attached hydrogens (tertiary/aromatic N) is 4. The largest absolute Gasteiger partial charge is 0.419 e. The number of carbonyl (C=O) groups is 1. The SMILES string of the molecule is COCCN(Cc1nnc(-c2cccs2)o1)[C@H](C(=O)N1CCCCC1)c1ccccc1. The highest BCUT2D eigenvalue weighted by molar-refractivity contribution is 7.13. The molecule has 0 aliphatic carbocycles. The lowest BCUT2D eigenvalue weighted by Crippen LogP contribution is -2.45. The number of rotatable bonds is 9. The van der Waals surface area contributed by atoms with Crippen LogP contribution in [0.15, 0.2) is 52.3 Å². The molecule has 1 aromatic carbocycles. The number of piperidine rings is 1. The van der Waals surface area contributed by atoms with Gasteiger partial charge in [0.15, 0.2) is 0 Å². The topological polar surface area (TPSA) is 71.7 Å². The zero-order valence-electron chi connectivity index (χ0n) is 17.8. The molecule has 1 atom stereocenters. The average Bonchev–Trinajstić information content (AvgIpc) is 3.51. The molecule has 1 fully saturated rings. The highest BCUT2D eigenvalue weighted by atomic mass is 32.1. The maximum absolute atomic E-state index is 13.7. The number of likely N-dealkylation sites (tertiary alicyclic amines) is 1. The van der Waals surface area contributed by atoms with Gasteiger partial charge in [0.1, 0.15) is 6.04 Å². The molecule has 0 unspecified atom stereocenters. The fourth-order valence-corrected chi connectivity index (χ4v) is 4.58. The van der Waals surface area contributed by atoms with Gasteiger partial charge in [0.05, 0.1) is 18.0 Å². The molecular formula is C23H28N4O3S. The molecule has 0 N–H and O–H groups in total. The van der Waals surface area contributed by atoms with Crippen LogP contribution in [-0.2, 0) is 16.1 Å². The van der Waals surface area contributed by atoms with Crippen molar-refractivity contribution in [3.63, 3.8) is 0 Å². The molecule has 0 bridgehead atoms. The van der Waals surface area contributed by atoms with Gasteiger partial charge in [-0.3, -0.25) is 9.69 Å². The predicted octanol–water partition coefficient (Wildman–Crippen LogP) is 4.00. The summed E-state index contributed by atoms with van der Waals surface area (Å²) in [6.45, 7) is 3.07. The highest BCUT2D eigenvalue weighted by Gasteiger charge is 2.33. The molecule has 2 aromatic heterocycles. The second-order valence-electron chi connectivity index (χ2n) is 7.64. The van der Waals surface area contributed by atoms with Gasteiger partial charge in [0.2, 0.25) is 11.8 Å². The summed E-state index contributed by atoms with van der Waals surface area (Å²) in [5.41, 5.74) is 0.965. The van der Waals surface area contributed by atoms with Gasteiger partial charge in [-0.15, -0.1) is 21.5 Å². The molecule has 31 heavy (non-hydrogen) atoms. The average molecular weight is 441 g/mol. The van der Waals surface area contributed by atoms with E-state index in [4.69, 9.17) is 9.15 Å². The number of hydrogen-bond donors (Lipinski definition) is 0. The smallest absolute Gasteiger partial charge is 0.257 e. The van der Waals surface area contributed by atoms with Crippen LogP contribution in [0.25, 0.3) is 10.8 Å². The van der Waals surface area contributed by atoms with Gasteiger partial charge in [0.25, 0.3) is 5.89 Å². The van der Waals surface area contributed by atoms with Crippen LogP contribution in [0, 0.1) is 0 Å². The Morgan fingerprint density at radius 1 is 1.16 bits per heavy atom. The number of amides is 1. The van der Waals surface area contributed by atoms with E-state index in [1.807, 2.05) is 52.7 Å². The molecule has 0 saturated carbocycles. The van der Waals surface area contributed by atoms with Crippen LogP contribution < -0.4 is 0 Å². The van der Waals surface area contributed by atoms with E-state index < -0.39 is 6.04 Å². The molecule has 0 radical (unpaired) electrons. The van der Waals surface area contributed by atoms with Crippen LogP contribution in [0.2, 0.25) is 0 Å². The Bertz CT molecular complexity index is 939. The van der Waals surface area contributed by atoms with Gasteiger partial charge in [-0.1, -0.05) is 36.4 Å². The molecule has 1 aliphatic heterocycles. The van der Waals surface area contributed by atoms with Crippen molar-refractivity contribution in [2.24, 2.45) is 0 Å². The Kier molecular flexibility index (Phi) is 7.45. The van der Waals surface area contributed by atoms with E-state index in [1.165, 1.54) is 6.42 Å². The lowest BCUT2D eigenvalue weighted by molar-refractivity contribution is -0.139. The maximum Gasteiger partial charge on any atom is 0.257 e. The van der Waals surface area contributed by atoms with E-state index in [1.54, 1.807) is 18.4 Å². The summed E-state index contributed by atoms with van der Waals surface area (Å²) in [4.78, 5) is 18.7. The van der Waals surface area contributed by atoms with Crippen molar-refractivity contribution in [3.8, 4) is 10.8 Å². The number of aromatic nitrogens is 2. The molecule has 164 valence electrons. The van der Waals surface area contributed by atoms with Crippen molar-refractivity contribution in [3.05, 3.63) is 59.3 Å². The summed E-state index contributed by atoms with van der Waals surface area (Å²) in [7, 11) is 1.67. The van der Waals surface area contributed by atoms with E-state index >= 15 is 0 Å². The van der Waals surface area contributed by atoms with Gasteiger partial charge < -0.3 is 14.1 Å². The molecule has 1 aliphatic rings. The fourth-order valence-electron chi connectivity index (χ4n) is 3.93. The van der Waals surface area contributed by atoms with Gasteiger partial charge >= 0.3 is 0 Å². The van der Waals surface area contributed by atoms with Crippen LogP contribution in [-0.4, -0.2) is 59.3 Å².